The van der Waals surface area contributed by atoms with Gasteiger partial charge >= 0.3 is 0 Å². The number of amides is 1. The maximum Gasteiger partial charge on any atom is 0.257 e. The van der Waals surface area contributed by atoms with E-state index in [1.807, 2.05) is 23.3 Å². The Hall–Kier alpha value is -2.89. The number of fused-ring (bicyclic) bond motifs is 1. The van der Waals surface area contributed by atoms with E-state index in [9.17, 15) is 19.8 Å². The summed E-state index contributed by atoms with van der Waals surface area (Å²) in [7, 11) is 1.45. The molecule has 12 heteroatoms. The molecule has 1 saturated heterocycles. The highest BCUT2D eigenvalue weighted by atomic mass is 35.5. The standard InChI is InChI=1S/C30H35Cl2FN4O5/c1-16-11-35(12-17(2)36(16)13-21(39)15-38)27-25(33)9-22-26(29(27)42-3)37(20-6-7-20)14-23(28(22)40)30(41)34-10-18-4-5-19(31)8-24(18)32/h4-5,8-9,14,16-17,20-21,38-39H,6-7,10-13,15H2,1-3H3,(H,34,41)/t16?,17?,21-/m1/s1. The number of nitrogens with zero attached hydrogens (tertiary/aromatic N) is 3. The zero-order chi connectivity index (χ0) is 30.3. The van der Waals surface area contributed by atoms with E-state index >= 15 is 4.39 Å². The minimum atomic E-state index is -0.865. The number of aliphatic hydroxyl groups excluding tert-OH is 2. The SMILES string of the molecule is COc1c(N2CC(C)N(C[C@@H](O)CO)C(C)C2)c(F)cc2c(=O)c(C(=O)NCc3ccc(Cl)cc3Cl)cn(C3CC3)c12. The lowest BCUT2D eigenvalue weighted by atomic mass is 10.0. The first-order valence-corrected chi connectivity index (χ1v) is 14.8. The van der Waals surface area contributed by atoms with Crippen molar-refractivity contribution in [2.75, 3.05) is 38.3 Å². The summed E-state index contributed by atoms with van der Waals surface area (Å²) >= 11 is 12.2. The Kier molecular flexibility index (Phi) is 9.01. The van der Waals surface area contributed by atoms with Gasteiger partial charge < -0.3 is 29.7 Å². The topological polar surface area (TPSA) is 107 Å². The van der Waals surface area contributed by atoms with Gasteiger partial charge in [-0.15, -0.1) is 0 Å². The number of hydrogen-bond donors (Lipinski definition) is 3. The smallest absolute Gasteiger partial charge is 0.257 e. The molecule has 3 aromatic rings. The Bertz CT molecular complexity index is 1550. The van der Waals surface area contributed by atoms with Crippen LogP contribution in [0.1, 0.15) is 48.7 Å². The summed E-state index contributed by atoms with van der Waals surface area (Å²) in [5.74, 6) is -0.959. The summed E-state index contributed by atoms with van der Waals surface area (Å²) in [4.78, 5) is 30.9. The quantitative estimate of drug-likeness (QED) is 0.332. The third kappa shape index (κ3) is 5.96. The van der Waals surface area contributed by atoms with E-state index in [1.54, 1.807) is 24.4 Å². The van der Waals surface area contributed by atoms with Gasteiger partial charge in [0.1, 0.15) is 11.3 Å². The number of anilines is 1. The zero-order valence-corrected chi connectivity index (χ0v) is 25.3. The summed E-state index contributed by atoms with van der Waals surface area (Å²) in [5.41, 5.74) is 0.679. The molecule has 2 unspecified atom stereocenters. The number of hydrogen-bond acceptors (Lipinski definition) is 7. The molecule has 1 aliphatic carbocycles. The van der Waals surface area contributed by atoms with Crippen LogP contribution in [0.3, 0.4) is 0 Å². The fourth-order valence-corrected chi connectivity index (χ4v) is 6.34. The Balaban J connectivity index is 1.52. The van der Waals surface area contributed by atoms with E-state index in [1.165, 1.54) is 13.2 Å². The van der Waals surface area contributed by atoms with Crippen LogP contribution in [-0.2, 0) is 6.54 Å². The van der Waals surface area contributed by atoms with E-state index in [2.05, 4.69) is 10.2 Å². The number of piperazine rings is 1. The molecule has 2 fully saturated rings. The molecule has 0 radical (unpaired) electrons. The molecule has 3 atom stereocenters. The van der Waals surface area contributed by atoms with Crippen LogP contribution in [0.5, 0.6) is 5.75 Å². The van der Waals surface area contributed by atoms with Crippen LogP contribution in [0.4, 0.5) is 10.1 Å². The normalized spacial score (nSPS) is 20.1. The molecule has 1 amide bonds. The molecule has 3 N–H and O–H groups in total. The minimum absolute atomic E-state index is 0.0484. The number of nitrogens with one attached hydrogen (secondary N) is 1. The summed E-state index contributed by atoms with van der Waals surface area (Å²) in [5, 5.41) is 23.0. The van der Waals surface area contributed by atoms with Crippen molar-refractivity contribution >= 4 is 45.7 Å². The van der Waals surface area contributed by atoms with Crippen LogP contribution in [0.2, 0.25) is 10.0 Å². The highest BCUT2D eigenvalue weighted by Crippen LogP contribution is 2.44. The highest BCUT2D eigenvalue weighted by molar-refractivity contribution is 6.35. The fraction of sp³-hybridized carbons (Fsp3) is 0.467. The van der Waals surface area contributed by atoms with Crippen molar-refractivity contribution in [1.29, 1.82) is 0 Å². The van der Waals surface area contributed by atoms with Crippen molar-refractivity contribution in [3.8, 4) is 5.75 Å². The van der Waals surface area contributed by atoms with Gasteiger partial charge in [0.15, 0.2) is 11.6 Å². The predicted octanol–water partition coefficient (Wildman–Crippen LogP) is 3.97. The van der Waals surface area contributed by atoms with Gasteiger partial charge in [0.25, 0.3) is 5.91 Å². The molecular formula is C30H35Cl2FN4O5. The highest BCUT2D eigenvalue weighted by Gasteiger charge is 2.35. The zero-order valence-electron chi connectivity index (χ0n) is 23.7. The molecule has 226 valence electrons. The van der Waals surface area contributed by atoms with Gasteiger partial charge in [-0.25, -0.2) is 4.39 Å². The van der Waals surface area contributed by atoms with Crippen molar-refractivity contribution in [2.45, 2.75) is 57.5 Å². The number of aliphatic hydroxyl groups is 2. The largest absolute Gasteiger partial charge is 0.492 e. The van der Waals surface area contributed by atoms with Crippen molar-refractivity contribution < 1.29 is 24.1 Å². The number of halogens is 3. The molecule has 1 aliphatic heterocycles. The summed E-state index contributed by atoms with van der Waals surface area (Å²) in [6.07, 6.45) is 2.39. The molecule has 42 heavy (non-hydrogen) atoms. The lowest BCUT2D eigenvalue weighted by Gasteiger charge is -2.46. The number of benzene rings is 2. The molecule has 5 rings (SSSR count). The Labute approximate surface area is 253 Å². The van der Waals surface area contributed by atoms with Crippen molar-refractivity contribution in [2.24, 2.45) is 0 Å². The van der Waals surface area contributed by atoms with E-state index in [4.69, 9.17) is 27.9 Å². The Morgan fingerprint density at radius 3 is 2.48 bits per heavy atom. The lowest BCUT2D eigenvalue weighted by Crippen LogP contribution is -2.58. The van der Waals surface area contributed by atoms with Gasteiger partial charge in [-0.05, 0) is 50.5 Å². The number of ether oxygens (including phenoxy) is 1. The average molecular weight is 622 g/mol. The maximum atomic E-state index is 16.0. The second-order valence-corrected chi connectivity index (χ2v) is 12.0. The number of β-amino-alcohol motifs (C(OH)–C–C–N with tert-alkyl or cyclic N) is 1. The molecule has 2 aliphatic rings. The first kappa shape index (κ1) is 30.6. The van der Waals surface area contributed by atoms with Crippen LogP contribution >= 0.6 is 23.2 Å². The first-order chi connectivity index (χ1) is 20.0. The third-order valence-electron chi connectivity index (χ3n) is 8.09. The number of carbonyl (C=O) groups is 1. The van der Waals surface area contributed by atoms with Gasteiger partial charge in [-0.3, -0.25) is 14.5 Å². The van der Waals surface area contributed by atoms with Crippen LogP contribution in [-0.4, -0.2) is 77.1 Å². The molecule has 0 bridgehead atoms. The molecule has 9 nitrogen and oxygen atoms in total. The van der Waals surface area contributed by atoms with Gasteiger partial charge in [-0.2, -0.15) is 0 Å². The summed E-state index contributed by atoms with van der Waals surface area (Å²) in [6.45, 7) is 4.93. The van der Waals surface area contributed by atoms with Gasteiger partial charge in [0.05, 0.1) is 30.7 Å². The van der Waals surface area contributed by atoms with Gasteiger partial charge in [0, 0.05) is 60.5 Å². The molecule has 0 spiro atoms. The van der Waals surface area contributed by atoms with E-state index in [0.717, 1.165) is 12.8 Å². The molecule has 1 aromatic heterocycles. The number of aromatic nitrogens is 1. The Morgan fingerprint density at radius 1 is 1.19 bits per heavy atom. The van der Waals surface area contributed by atoms with Crippen molar-refractivity contribution in [1.82, 2.24) is 14.8 Å². The Morgan fingerprint density at radius 2 is 1.88 bits per heavy atom. The van der Waals surface area contributed by atoms with Crippen molar-refractivity contribution in [3.05, 3.63) is 67.7 Å². The summed E-state index contributed by atoms with van der Waals surface area (Å²) < 4.78 is 23.7. The second kappa shape index (κ2) is 12.4. The average Bonchev–Trinajstić information content (AvgIpc) is 3.79. The maximum absolute atomic E-state index is 16.0. The third-order valence-corrected chi connectivity index (χ3v) is 8.68. The molecule has 2 heterocycles. The summed E-state index contributed by atoms with van der Waals surface area (Å²) in [6, 6.07) is 6.09. The minimum Gasteiger partial charge on any atom is -0.492 e. The first-order valence-electron chi connectivity index (χ1n) is 14.0. The van der Waals surface area contributed by atoms with E-state index in [0.29, 0.717) is 40.8 Å². The predicted molar refractivity (Wildman–Crippen MR) is 162 cm³/mol. The van der Waals surface area contributed by atoms with Gasteiger partial charge in [0.2, 0.25) is 5.43 Å². The van der Waals surface area contributed by atoms with Crippen LogP contribution < -0.4 is 20.4 Å². The fourth-order valence-electron chi connectivity index (χ4n) is 5.87. The number of rotatable bonds is 9. The van der Waals surface area contributed by atoms with E-state index < -0.39 is 23.3 Å². The van der Waals surface area contributed by atoms with Crippen LogP contribution in [0.15, 0.2) is 35.3 Å². The van der Waals surface area contributed by atoms with Gasteiger partial charge in [-0.1, -0.05) is 29.3 Å². The van der Waals surface area contributed by atoms with Crippen LogP contribution in [0, 0.1) is 5.82 Å². The molecule has 1 saturated carbocycles. The molecular weight excluding hydrogens is 586 g/mol. The van der Waals surface area contributed by atoms with E-state index in [-0.39, 0.29) is 53.7 Å². The number of carbonyl (C=O) groups excluding carboxylic acids is 1. The monoisotopic (exact) mass is 620 g/mol. The second-order valence-electron chi connectivity index (χ2n) is 11.2. The lowest BCUT2D eigenvalue weighted by molar-refractivity contribution is 0.0257. The van der Waals surface area contributed by atoms with Crippen molar-refractivity contribution in [3.63, 3.8) is 0 Å². The van der Waals surface area contributed by atoms with Crippen LogP contribution in [0.25, 0.3) is 10.9 Å². The number of methoxy groups -OCH3 is 1. The number of pyridine rings is 1. The molecule has 2 aromatic carbocycles.